The second-order valence-electron chi connectivity index (χ2n) is 6.23. The lowest BCUT2D eigenvalue weighted by atomic mass is 9.79. The molecule has 0 aliphatic carbocycles. The van der Waals surface area contributed by atoms with Gasteiger partial charge in [-0.15, -0.1) is 0 Å². The van der Waals surface area contributed by atoms with Gasteiger partial charge in [0.1, 0.15) is 5.75 Å². The highest BCUT2D eigenvalue weighted by atomic mass is 16.7. The zero-order valence-electron chi connectivity index (χ0n) is 12.5. The van der Waals surface area contributed by atoms with Gasteiger partial charge in [0.05, 0.1) is 16.9 Å². The average Bonchev–Trinajstić information content (AvgIpc) is 2.48. The minimum atomic E-state index is -0.399. The van der Waals surface area contributed by atoms with E-state index in [1.807, 2.05) is 58.8 Å². The molecule has 104 valence electrons. The Balaban J connectivity index is 2.32. The largest absolute Gasteiger partial charge is 0.506 e. The molecule has 0 unspecified atom stereocenters. The van der Waals surface area contributed by atoms with Crippen LogP contribution in [0, 0.1) is 0 Å². The predicted molar refractivity (Wildman–Crippen MR) is 78.1 cm³/mol. The van der Waals surface area contributed by atoms with Gasteiger partial charge in [-0.25, -0.2) is 0 Å². The lowest BCUT2D eigenvalue weighted by Gasteiger charge is -2.32. The van der Waals surface area contributed by atoms with E-state index < -0.39 is 7.12 Å². The third kappa shape index (κ3) is 2.45. The second kappa shape index (κ2) is 4.42. The number of phenolic OH excluding ortho intramolecular Hbond substituents is 1. The minimum absolute atomic E-state index is 0.255. The number of nitrogens with zero attached hydrogens (tertiary/aromatic N) is 1. The number of aromatic hydroxyl groups is 1. The Hall–Kier alpha value is -1.20. The molecule has 19 heavy (non-hydrogen) atoms. The lowest BCUT2D eigenvalue weighted by molar-refractivity contribution is 0.00578. The third-order valence-electron chi connectivity index (χ3n) is 4.01. The van der Waals surface area contributed by atoms with Crippen molar-refractivity contribution >= 4 is 18.3 Å². The van der Waals surface area contributed by atoms with E-state index in [2.05, 4.69) is 0 Å². The van der Waals surface area contributed by atoms with E-state index in [0.717, 1.165) is 11.2 Å². The van der Waals surface area contributed by atoms with Crippen LogP contribution < -0.4 is 10.4 Å². The molecule has 5 heteroatoms. The highest BCUT2D eigenvalue weighted by Gasteiger charge is 2.51. The fraction of sp³-hybridized carbons (Fsp3) is 0.571. The normalized spacial score (nSPS) is 20.6. The molecule has 0 bridgehead atoms. The molecule has 0 amide bonds. The van der Waals surface area contributed by atoms with E-state index in [9.17, 15) is 5.11 Å². The first kappa shape index (κ1) is 14.2. The Kier molecular flexibility index (Phi) is 3.31. The molecular formula is C14H22BNO3. The molecule has 0 atom stereocenters. The van der Waals surface area contributed by atoms with Gasteiger partial charge in [0.25, 0.3) is 0 Å². The van der Waals surface area contributed by atoms with Gasteiger partial charge in [0, 0.05) is 14.1 Å². The third-order valence-corrected chi connectivity index (χ3v) is 4.01. The molecule has 1 N–H and O–H groups in total. The van der Waals surface area contributed by atoms with E-state index in [0.29, 0.717) is 0 Å². The van der Waals surface area contributed by atoms with Crippen LogP contribution in [0.25, 0.3) is 0 Å². The Labute approximate surface area is 115 Å². The standard InChI is InChI=1S/C14H22BNO3/c1-13(2)14(3,4)19-15(18-13)10-7-8-12(17)11(9-10)16(5)6/h7-9,17H,1-6H3. The van der Waals surface area contributed by atoms with Crippen molar-refractivity contribution in [1.82, 2.24) is 0 Å². The summed E-state index contributed by atoms with van der Waals surface area (Å²) in [6.45, 7) is 8.11. The first-order chi connectivity index (χ1) is 8.64. The monoisotopic (exact) mass is 263 g/mol. The molecule has 0 spiro atoms. The Morgan fingerprint density at radius 2 is 1.58 bits per heavy atom. The molecule has 1 aliphatic heterocycles. The van der Waals surface area contributed by atoms with Crippen molar-refractivity contribution in [2.75, 3.05) is 19.0 Å². The van der Waals surface area contributed by atoms with Gasteiger partial charge < -0.3 is 19.3 Å². The van der Waals surface area contributed by atoms with Crippen LogP contribution in [0.1, 0.15) is 27.7 Å². The zero-order chi connectivity index (χ0) is 14.4. The number of rotatable bonds is 2. The van der Waals surface area contributed by atoms with Crippen LogP contribution in [0.15, 0.2) is 18.2 Å². The number of phenols is 1. The van der Waals surface area contributed by atoms with Crippen molar-refractivity contribution in [3.63, 3.8) is 0 Å². The highest BCUT2D eigenvalue weighted by Crippen LogP contribution is 2.37. The quantitative estimate of drug-likeness (QED) is 0.825. The molecule has 0 aromatic heterocycles. The van der Waals surface area contributed by atoms with E-state index in [-0.39, 0.29) is 17.0 Å². The van der Waals surface area contributed by atoms with E-state index in [1.54, 1.807) is 6.07 Å². The maximum Gasteiger partial charge on any atom is 0.494 e. The Bertz CT molecular complexity index is 470. The van der Waals surface area contributed by atoms with Gasteiger partial charge in [-0.1, -0.05) is 6.07 Å². The van der Waals surface area contributed by atoms with Crippen molar-refractivity contribution in [1.29, 1.82) is 0 Å². The summed E-state index contributed by atoms with van der Waals surface area (Å²) in [6, 6.07) is 5.41. The molecule has 2 rings (SSSR count). The summed E-state index contributed by atoms with van der Waals surface area (Å²) in [5.74, 6) is 0.255. The van der Waals surface area contributed by atoms with Crippen LogP contribution in [0.5, 0.6) is 5.75 Å². The summed E-state index contributed by atoms with van der Waals surface area (Å²) < 4.78 is 12.0. The van der Waals surface area contributed by atoms with Gasteiger partial charge in [0.15, 0.2) is 0 Å². The van der Waals surface area contributed by atoms with Crippen molar-refractivity contribution < 1.29 is 14.4 Å². The lowest BCUT2D eigenvalue weighted by Crippen LogP contribution is -2.41. The van der Waals surface area contributed by atoms with E-state index >= 15 is 0 Å². The molecule has 1 aromatic rings. The van der Waals surface area contributed by atoms with Crippen LogP contribution >= 0.6 is 0 Å². The predicted octanol–water partition coefficient (Wildman–Crippen LogP) is 1.76. The van der Waals surface area contributed by atoms with Crippen molar-refractivity contribution in [3.8, 4) is 5.75 Å². The summed E-state index contributed by atoms with van der Waals surface area (Å²) in [4.78, 5) is 1.87. The minimum Gasteiger partial charge on any atom is -0.506 e. The molecule has 0 radical (unpaired) electrons. The first-order valence-corrected chi connectivity index (χ1v) is 6.50. The van der Waals surface area contributed by atoms with Crippen LogP contribution in [0.3, 0.4) is 0 Å². The van der Waals surface area contributed by atoms with E-state index in [1.165, 1.54) is 0 Å². The summed E-state index contributed by atoms with van der Waals surface area (Å²) in [6.07, 6.45) is 0. The molecule has 1 aliphatic rings. The van der Waals surface area contributed by atoms with Gasteiger partial charge in [0.2, 0.25) is 0 Å². The average molecular weight is 263 g/mol. The van der Waals surface area contributed by atoms with Crippen molar-refractivity contribution in [2.45, 2.75) is 38.9 Å². The van der Waals surface area contributed by atoms with Gasteiger partial charge in [-0.3, -0.25) is 0 Å². The Morgan fingerprint density at radius 3 is 2.05 bits per heavy atom. The topological polar surface area (TPSA) is 41.9 Å². The smallest absolute Gasteiger partial charge is 0.494 e. The summed E-state index contributed by atoms with van der Waals surface area (Å²) in [5.41, 5.74) is 0.967. The number of hydrogen-bond donors (Lipinski definition) is 1. The SMILES string of the molecule is CN(C)c1cc(B2OC(C)(C)C(C)(C)O2)ccc1O. The first-order valence-electron chi connectivity index (χ1n) is 6.50. The van der Waals surface area contributed by atoms with Gasteiger partial charge in [-0.05, 0) is 45.3 Å². The van der Waals surface area contributed by atoms with Crippen LogP contribution in [0.4, 0.5) is 5.69 Å². The molecule has 4 nitrogen and oxygen atoms in total. The van der Waals surface area contributed by atoms with Gasteiger partial charge in [-0.2, -0.15) is 0 Å². The van der Waals surface area contributed by atoms with Crippen molar-refractivity contribution in [2.24, 2.45) is 0 Å². The molecular weight excluding hydrogens is 241 g/mol. The van der Waals surface area contributed by atoms with E-state index in [4.69, 9.17) is 9.31 Å². The zero-order valence-corrected chi connectivity index (χ0v) is 12.5. The van der Waals surface area contributed by atoms with Crippen molar-refractivity contribution in [3.05, 3.63) is 18.2 Å². The number of hydrogen-bond acceptors (Lipinski definition) is 4. The molecule has 1 aromatic carbocycles. The van der Waals surface area contributed by atoms with Crippen LogP contribution in [-0.2, 0) is 9.31 Å². The summed E-state index contributed by atoms with van der Waals surface area (Å²) in [7, 11) is 3.39. The molecule has 1 saturated heterocycles. The fourth-order valence-corrected chi connectivity index (χ4v) is 2.02. The van der Waals surface area contributed by atoms with Gasteiger partial charge >= 0.3 is 7.12 Å². The van der Waals surface area contributed by atoms with Crippen LogP contribution in [-0.4, -0.2) is 37.5 Å². The summed E-state index contributed by atoms with van der Waals surface area (Å²) in [5, 5.41) is 9.83. The molecule has 0 saturated carbocycles. The maximum absolute atomic E-state index is 9.83. The second-order valence-corrected chi connectivity index (χ2v) is 6.23. The Morgan fingerprint density at radius 1 is 1.05 bits per heavy atom. The molecule has 1 heterocycles. The van der Waals surface area contributed by atoms with Crippen LogP contribution in [0.2, 0.25) is 0 Å². The highest BCUT2D eigenvalue weighted by molar-refractivity contribution is 6.62. The molecule has 1 fully saturated rings. The fourth-order valence-electron chi connectivity index (χ4n) is 2.02. The number of anilines is 1. The maximum atomic E-state index is 9.83. The summed E-state index contributed by atoms with van der Waals surface area (Å²) >= 11 is 0. The number of benzene rings is 1.